The first-order chi connectivity index (χ1) is 7.15. The molecule has 0 aliphatic rings. The van der Waals surface area contributed by atoms with Crippen molar-refractivity contribution < 1.29 is 19.4 Å². The van der Waals surface area contributed by atoms with Crippen LogP contribution < -0.4 is 9.47 Å². The molecule has 0 fully saturated rings. The molecule has 1 aromatic carbocycles. The molecule has 1 atom stereocenters. The summed E-state index contributed by atoms with van der Waals surface area (Å²) in [5, 5.41) is 7.48. The van der Waals surface area contributed by atoms with Gasteiger partial charge in [0.1, 0.15) is 6.61 Å². The second kappa shape index (κ2) is 5.46. The first-order valence-electron chi connectivity index (χ1n) is 4.28. The second-order valence-electron chi connectivity index (χ2n) is 2.77. The number of carboxylic acid groups (broad SMARTS) is 1. The lowest BCUT2D eigenvalue weighted by Gasteiger charge is -2.11. The van der Waals surface area contributed by atoms with E-state index < -0.39 is 11.3 Å². The number of rotatable bonds is 5. The highest BCUT2D eigenvalue weighted by Crippen LogP contribution is 2.25. The summed E-state index contributed by atoms with van der Waals surface area (Å²) in [5.74, 6) is -0.0785. The number of halogens is 1. The maximum absolute atomic E-state index is 10.4. The van der Waals surface area contributed by atoms with Crippen LogP contribution in [0, 0.1) is 0 Å². The van der Waals surface area contributed by atoms with Crippen molar-refractivity contribution in [1.29, 1.82) is 0 Å². The van der Waals surface area contributed by atoms with E-state index in [2.05, 4.69) is 0 Å². The Hall–Kier alpha value is -1.42. The van der Waals surface area contributed by atoms with E-state index in [1.54, 1.807) is 24.3 Å². The van der Waals surface area contributed by atoms with Gasteiger partial charge in [-0.05, 0) is 12.1 Å². The van der Waals surface area contributed by atoms with Crippen LogP contribution in [0.1, 0.15) is 0 Å². The van der Waals surface area contributed by atoms with E-state index in [4.69, 9.17) is 26.2 Å². The average molecular weight is 231 g/mol. The fraction of sp³-hybridized carbons (Fsp3) is 0.300. The molecule has 1 aromatic rings. The van der Waals surface area contributed by atoms with Gasteiger partial charge in [0, 0.05) is 0 Å². The SMILES string of the molecule is COc1ccccc1OCC(Cl)C(=O)O. The standard InChI is InChI=1S/C10H11ClO4/c1-14-8-4-2-3-5-9(8)15-6-7(11)10(12)13/h2-5,7H,6H2,1H3,(H,12,13). The monoisotopic (exact) mass is 230 g/mol. The summed E-state index contributed by atoms with van der Waals surface area (Å²) in [6.07, 6.45) is 0. The van der Waals surface area contributed by atoms with Crippen LogP contribution in [0.2, 0.25) is 0 Å². The maximum Gasteiger partial charge on any atom is 0.325 e. The van der Waals surface area contributed by atoms with Crippen LogP contribution in [0.5, 0.6) is 11.5 Å². The molecule has 0 aliphatic carbocycles. The summed E-state index contributed by atoms with van der Waals surface area (Å²) in [6.45, 7) is -0.0999. The number of carboxylic acids is 1. The maximum atomic E-state index is 10.4. The Bertz CT molecular complexity index is 340. The number of methoxy groups -OCH3 is 1. The molecule has 0 saturated heterocycles. The van der Waals surface area contributed by atoms with E-state index in [0.717, 1.165) is 0 Å². The van der Waals surface area contributed by atoms with Gasteiger partial charge in [0.2, 0.25) is 0 Å². The lowest BCUT2D eigenvalue weighted by atomic mass is 10.3. The third-order valence-electron chi connectivity index (χ3n) is 1.72. The van der Waals surface area contributed by atoms with Gasteiger partial charge in [-0.2, -0.15) is 0 Å². The Balaban J connectivity index is 2.60. The Morgan fingerprint density at radius 3 is 2.60 bits per heavy atom. The zero-order valence-corrected chi connectivity index (χ0v) is 8.90. The minimum atomic E-state index is -1.11. The number of ether oxygens (including phenoxy) is 2. The predicted molar refractivity (Wildman–Crippen MR) is 55.8 cm³/mol. The van der Waals surface area contributed by atoms with Crippen molar-refractivity contribution >= 4 is 17.6 Å². The van der Waals surface area contributed by atoms with Crippen LogP contribution in [0.25, 0.3) is 0 Å². The van der Waals surface area contributed by atoms with E-state index in [1.807, 2.05) is 0 Å². The first-order valence-corrected chi connectivity index (χ1v) is 4.71. The summed E-state index contributed by atoms with van der Waals surface area (Å²) < 4.78 is 10.2. The number of para-hydroxylation sites is 2. The molecule has 82 valence electrons. The topological polar surface area (TPSA) is 55.8 Å². The third-order valence-corrected chi connectivity index (χ3v) is 2.03. The van der Waals surface area contributed by atoms with Crippen LogP contribution in [0.4, 0.5) is 0 Å². The number of hydrogen-bond acceptors (Lipinski definition) is 3. The second-order valence-corrected chi connectivity index (χ2v) is 3.29. The zero-order chi connectivity index (χ0) is 11.3. The van der Waals surface area contributed by atoms with Crippen LogP contribution in [0.15, 0.2) is 24.3 Å². The van der Waals surface area contributed by atoms with Gasteiger partial charge in [0.15, 0.2) is 16.9 Å². The summed E-state index contributed by atoms with van der Waals surface area (Å²) in [5.41, 5.74) is 0. The summed E-state index contributed by atoms with van der Waals surface area (Å²) >= 11 is 5.50. The van der Waals surface area contributed by atoms with Gasteiger partial charge in [0.25, 0.3) is 0 Å². The molecule has 0 aromatic heterocycles. The lowest BCUT2D eigenvalue weighted by Crippen LogP contribution is -2.21. The van der Waals surface area contributed by atoms with Gasteiger partial charge in [-0.1, -0.05) is 12.1 Å². The summed E-state index contributed by atoms with van der Waals surface area (Å²) in [4.78, 5) is 10.4. The Morgan fingerprint density at radius 2 is 2.07 bits per heavy atom. The lowest BCUT2D eigenvalue weighted by molar-refractivity contribution is -0.137. The van der Waals surface area contributed by atoms with Crippen LogP contribution >= 0.6 is 11.6 Å². The molecule has 4 nitrogen and oxygen atoms in total. The third kappa shape index (κ3) is 3.32. The normalized spacial score (nSPS) is 11.9. The van der Waals surface area contributed by atoms with Gasteiger partial charge in [-0.15, -0.1) is 11.6 Å². The number of carbonyl (C=O) groups is 1. The van der Waals surface area contributed by atoms with E-state index in [-0.39, 0.29) is 6.61 Å². The van der Waals surface area contributed by atoms with E-state index in [9.17, 15) is 4.79 Å². The summed E-state index contributed by atoms with van der Waals surface area (Å²) in [6, 6.07) is 6.96. The van der Waals surface area contributed by atoms with E-state index in [0.29, 0.717) is 11.5 Å². The molecule has 0 bridgehead atoms. The Labute approximate surface area is 92.4 Å². The Morgan fingerprint density at radius 1 is 1.47 bits per heavy atom. The predicted octanol–water partition coefficient (Wildman–Crippen LogP) is 1.77. The molecule has 0 spiro atoms. The van der Waals surface area contributed by atoms with Crippen molar-refractivity contribution in [2.75, 3.05) is 13.7 Å². The average Bonchev–Trinajstić information content (AvgIpc) is 2.26. The van der Waals surface area contributed by atoms with Crippen molar-refractivity contribution in [3.8, 4) is 11.5 Å². The molecule has 0 aliphatic heterocycles. The number of alkyl halides is 1. The van der Waals surface area contributed by atoms with E-state index >= 15 is 0 Å². The fourth-order valence-corrected chi connectivity index (χ4v) is 1.04. The Kier molecular flexibility index (Phi) is 4.24. The molecule has 1 rings (SSSR count). The van der Waals surface area contributed by atoms with Crippen molar-refractivity contribution in [2.45, 2.75) is 5.38 Å². The van der Waals surface area contributed by atoms with Gasteiger partial charge < -0.3 is 14.6 Å². The van der Waals surface area contributed by atoms with Crippen LogP contribution in [-0.2, 0) is 4.79 Å². The fourth-order valence-electron chi connectivity index (χ4n) is 0.972. The highest BCUT2D eigenvalue weighted by molar-refractivity contribution is 6.29. The molecular weight excluding hydrogens is 220 g/mol. The molecule has 0 heterocycles. The molecule has 5 heteroatoms. The minimum absolute atomic E-state index is 0.0999. The molecule has 1 unspecified atom stereocenters. The minimum Gasteiger partial charge on any atom is -0.493 e. The summed E-state index contributed by atoms with van der Waals surface area (Å²) in [7, 11) is 1.51. The largest absolute Gasteiger partial charge is 0.493 e. The van der Waals surface area contributed by atoms with Gasteiger partial charge in [-0.3, -0.25) is 4.79 Å². The van der Waals surface area contributed by atoms with Gasteiger partial charge in [0.05, 0.1) is 7.11 Å². The number of hydrogen-bond donors (Lipinski definition) is 1. The van der Waals surface area contributed by atoms with E-state index in [1.165, 1.54) is 7.11 Å². The van der Waals surface area contributed by atoms with Crippen molar-refractivity contribution in [2.24, 2.45) is 0 Å². The molecule has 1 N–H and O–H groups in total. The molecule has 0 saturated carbocycles. The van der Waals surface area contributed by atoms with Crippen LogP contribution in [0.3, 0.4) is 0 Å². The molecule has 0 radical (unpaired) electrons. The highest BCUT2D eigenvalue weighted by Gasteiger charge is 2.15. The number of benzene rings is 1. The van der Waals surface area contributed by atoms with Crippen LogP contribution in [-0.4, -0.2) is 30.2 Å². The zero-order valence-electron chi connectivity index (χ0n) is 8.14. The molecular formula is C10H11ClO4. The van der Waals surface area contributed by atoms with Crippen molar-refractivity contribution in [3.05, 3.63) is 24.3 Å². The quantitative estimate of drug-likeness (QED) is 0.784. The van der Waals surface area contributed by atoms with Gasteiger partial charge in [-0.25, -0.2) is 0 Å². The van der Waals surface area contributed by atoms with Gasteiger partial charge >= 0.3 is 5.97 Å². The van der Waals surface area contributed by atoms with Crippen molar-refractivity contribution in [1.82, 2.24) is 0 Å². The smallest absolute Gasteiger partial charge is 0.325 e. The molecule has 0 amide bonds. The first kappa shape index (κ1) is 11.7. The number of aliphatic carboxylic acids is 1. The highest BCUT2D eigenvalue weighted by atomic mass is 35.5. The molecule has 15 heavy (non-hydrogen) atoms. The van der Waals surface area contributed by atoms with Crippen molar-refractivity contribution in [3.63, 3.8) is 0 Å².